The van der Waals surface area contributed by atoms with Crippen molar-refractivity contribution in [1.29, 1.82) is 0 Å². The van der Waals surface area contributed by atoms with Gasteiger partial charge in [-0.2, -0.15) is 0 Å². The topological polar surface area (TPSA) is 92.9 Å². The van der Waals surface area contributed by atoms with Gasteiger partial charge in [0.25, 0.3) is 0 Å². The number of ketones is 2. The van der Waals surface area contributed by atoms with Crippen molar-refractivity contribution in [2.45, 2.75) is 32.8 Å². The van der Waals surface area contributed by atoms with Crippen molar-refractivity contribution in [3.8, 4) is 11.5 Å². The van der Waals surface area contributed by atoms with Gasteiger partial charge in [-0.25, -0.2) is 0 Å². The summed E-state index contributed by atoms with van der Waals surface area (Å²) in [5.74, 6) is -0.523. The molecule has 0 saturated carbocycles. The number of piperidine rings is 1. The molecule has 0 radical (unpaired) electrons. The number of benzene rings is 2. The number of ether oxygens (including phenoxy) is 1. The lowest BCUT2D eigenvalue weighted by Crippen LogP contribution is -2.35. The van der Waals surface area contributed by atoms with Gasteiger partial charge in [-0.1, -0.05) is 36.4 Å². The Morgan fingerprint density at radius 2 is 1.67 bits per heavy atom. The summed E-state index contributed by atoms with van der Waals surface area (Å²) in [6.45, 7) is 5.19. The quantitative estimate of drug-likeness (QED) is 0.215. The molecule has 176 valence electrons. The van der Waals surface area contributed by atoms with Gasteiger partial charge in [0, 0.05) is 13.1 Å². The van der Waals surface area contributed by atoms with Crippen molar-refractivity contribution in [1.82, 2.24) is 4.90 Å². The average molecular weight is 451 g/mol. The first-order valence-electron chi connectivity index (χ1n) is 11.1. The largest absolute Gasteiger partial charge is 0.507 e. The standard InChI is InChI=1S/C26H29NO4.CH5N/c1-18(20-7-5-4-6-8-20)9-11-23(19(2)28)26(30)24-17-22(10-12-25(24)29)31-21-13-15-27(3)16-14-21;1-2/h4-12,17,21,29H,13-16H2,1-3H3;2H2,1H3/b18-9+,23-11-;. The summed E-state index contributed by atoms with van der Waals surface area (Å²) < 4.78 is 6.04. The van der Waals surface area contributed by atoms with Gasteiger partial charge in [-0.05, 0) is 76.2 Å². The number of phenolic OH excluding ortho intramolecular Hbond substituents is 1. The van der Waals surface area contributed by atoms with Crippen molar-refractivity contribution in [3.05, 3.63) is 77.4 Å². The van der Waals surface area contributed by atoms with Gasteiger partial charge in [0.15, 0.2) is 11.6 Å². The van der Waals surface area contributed by atoms with Crippen molar-refractivity contribution < 1.29 is 19.4 Å². The molecule has 0 unspecified atom stereocenters. The fraction of sp³-hybridized carbons (Fsp3) is 0.333. The maximum absolute atomic E-state index is 13.1. The van der Waals surface area contributed by atoms with Crippen LogP contribution < -0.4 is 10.5 Å². The van der Waals surface area contributed by atoms with Crippen molar-refractivity contribution >= 4 is 17.1 Å². The molecule has 0 aliphatic carbocycles. The molecule has 0 aromatic heterocycles. The molecule has 33 heavy (non-hydrogen) atoms. The fourth-order valence-corrected chi connectivity index (χ4v) is 3.57. The van der Waals surface area contributed by atoms with Gasteiger partial charge in [0.1, 0.15) is 17.6 Å². The Bertz CT molecular complexity index is 1000. The molecule has 3 N–H and O–H groups in total. The summed E-state index contributed by atoms with van der Waals surface area (Å²) >= 11 is 0. The number of allylic oxidation sites excluding steroid dienone is 4. The molecule has 3 rings (SSSR count). The second-order valence-electron chi connectivity index (χ2n) is 7.98. The lowest BCUT2D eigenvalue weighted by molar-refractivity contribution is -0.113. The lowest BCUT2D eigenvalue weighted by Gasteiger charge is -2.29. The van der Waals surface area contributed by atoms with Gasteiger partial charge in [0.2, 0.25) is 0 Å². The third kappa shape index (κ3) is 7.41. The Kier molecular flexibility index (Phi) is 10.0. The fourth-order valence-electron chi connectivity index (χ4n) is 3.57. The Balaban J connectivity index is 0.00000187. The molecule has 1 aliphatic heterocycles. The van der Waals surface area contributed by atoms with E-state index in [2.05, 4.69) is 17.7 Å². The summed E-state index contributed by atoms with van der Waals surface area (Å²) in [4.78, 5) is 27.6. The van der Waals surface area contributed by atoms with Crippen LogP contribution in [-0.2, 0) is 4.79 Å². The van der Waals surface area contributed by atoms with E-state index >= 15 is 0 Å². The highest BCUT2D eigenvalue weighted by Crippen LogP contribution is 2.28. The number of carbonyl (C=O) groups is 2. The maximum Gasteiger partial charge on any atom is 0.200 e. The van der Waals surface area contributed by atoms with Crippen LogP contribution in [0.5, 0.6) is 11.5 Å². The van der Waals surface area contributed by atoms with Gasteiger partial charge >= 0.3 is 0 Å². The Hall–Kier alpha value is -3.22. The normalized spacial score (nSPS) is 15.4. The van der Waals surface area contributed by atoms with Crippen LogP contribution in [0.3, 0.4) is 0 Å². The molecule has 2 aromatic rings. The molecule has 0 atom stereocenters. The molecular formula is C27H34N2O4. The Labute approximate surface area is 196 Å². The lowest BCUT2D eigenvalue weighted by atomic mass is 9.98. The van der Waals surface area contributed by atoms with Crippen LogP contribution in [0.1, 0.15) is 42.6 Å². The first-order chi connectivity index (χ1) is 15.8. The molecule has 0 bridgehead atoms. The van der Waals surface area contributed by atoms with Crippen LogP contribution in [0.25, 0.3) is 5.57 Å². The van der Waals surface area contributed by atoms with Crippen molar-refractivity contribution in [2.24, 2.45) is 5.73 Å². The van der Waals surface area contributed by atoms with E-state index in [4.69, 9.17) is 4.74 Å². The molecule has 1 heterocycles. The molecular weight excluding hydrogens is 416 g/mol. The van der Waals surface area contributed by atoms with E-state index in [0.29, 0.717) is 5.75 Å². The van der Waals surface area contributed by atoms with E-state index in [1.54, 1.807) is 12.1 Å². The number of hydrogen-bond acceptors (Lipinski definition) is 6. The Morgan fingerprint density at radius 1 is 1.03 bits per heavy atom. The zero-order chi connectivity index (χ0) is 24.4. The van der Waals surface area contributed by atoms with Crippen LogP contribution >= 0.6 is 0 Å². The zero-order valence-corrected chi connectivity index (χ0v) is 19.9. The van der Waals surface area contributed by atoms with E-state index in [1.165, 1.54) is 32.2 Å². The number of aromatic hydroxyl groups is 1. The number of nitrogens with zero attached hydrogens (tertiary/aromatic N) is 1. The van der Waals surface area contributed by atoms with E-state index in [0.717, 1.165) is 37.1 Å². The van der Waals surface area contributed by atoms with Crippen LogP contribution in [-0.4, -0.2) is 54.9 Å². The number of phenols is 1. The minimum Gasteiger partial charge on any atom is -0.507 e. The van der Waals surface area contributed by atoms with E-state index in [9.17, 15) is 14.7 Å². The summed E-state index contributed by atoms with van der Waals surface area (Å²) in [5.41, 5.74) is 6.51. The molecule has 6 nitrogen and oxygen atoms in total. The molecule has 0 spiro atoms. The minimum atomic E-state index is -0.518. The number of carbonyl (C=O) groups excluding carboxylic acids is 2. The smallest absolute Gasteiger partial charge is 0.200 e. The highest BCUT2D eigenvalue weighted by atomic mass is 16.5. The van der Waals surface area contributed by atoms with E-state index in [-0.39, 0.29) is 28.8 Å². The first-order valence-corrected chi connectivity index (χ1v) is 11.1. The number of Topliss-reactive ketones (excluding diaryl/α,β-unsaturated/α-hetero) is 2. The highest BCUT2D eigenvalue weighted by molar-refractivity contribution is 6.26. The summed E-state index contributed by atoms with van der Waals surface area (Å²) in [6.07, 6.45) is 5.16. The molecule has 0 amide bonds. The predicted molar refractivity (Wildman–Crippen MR) is 133 cm³/mol. The minimum absolute atomic E-state index is 0.0158. The van der Waals surface area contributed by atoms with Crippen molar-refractivity contribution in [3.63, 3.8) is 0 Å². The van der Waals surface area contributed by atoms with Gasteiger partial charge in [-0.3, -0.25) is 9.59 Å². The summed E-state index contributed by atoms with van der Waals surface area (Å²) in [7, 11) is 3.58. The summed E-state index contributed by atoms with van der Waals surface area (Å²) in [5, 5.41) is 10.3. The first kappa shape index (κ1) is 26.0. The molecule has 1 fully saturated rings. The zero-order valence-electron chi connectivity index (χ0n) is 19.9. The van der Waals surface area contributed by atoms with E-state index in [1.807, 2.05) is 37.3 Å². The van der Waals surface area contributed by atoms with Gasteiger partial charge < -0.3 is 20.5 Å². The van der Waals surface area contributed by atoms with Crippen molar-refractivity contribution in [2.75, 3.05) is 27.2 Å². The average Bonchev–Trinajstić information content (AvgIpc) is 2.83. The van der Waals surface area contributed by atoms with Crippen LogP contribution in [0.2, 0.25) is 0 Å². The second-order valence-corrected chi connectivity index (χ2v) is 7.98. The monoisotopic (exact) mass is 450 g/mol. The van der Waals surface area contributed by atoms with Crippen LogP contribution in [0, 0.1) is 0 Å². The van der Waals surface area contributed by atoms with Crippen LogP contribution in [0.4, 0.5) is 0 Å². The van der Waals surface area contributed by atoms with E-state index < -0.39 is 5.78 Å². The third-order valence-electron chi connectivity index (χ3n) is 5.53. The maximum atomic E-state index is 13.1. The number of likely N-dealkylation sites (tertiary alicyclic amines) is 1. The predicted octanol–water partition coefficient (Wildman–Crippen LogP) is 4.24. The number of nitrogens with two attached hydrogens (primary N) is 1. The molecule has 6 heteroatoms. The SMILES string of the molecule is CC(=O)/C(=C/C=C(\C)c1ccccc1)C(=O)c1cc(OC2CCN(C)CC2)ccc1O.CN. The summed E-state index contributed by atoms with van der Waals surface area (Å²) in [6, 6.07) is 14.3. The van der Waals surface area contributed by atoms with Crippen LogP contribution in [0.15, 0.2) is 66.3 Å². The molecule has 2 aromatic carbocycles. The molecule has 1 aliphatic rings. The highest BCUT2D eigenvalue weighted by Gasteiger charge is 2.22. The van der Waals surface area contributed by atoms with Gasteiger partial charge in [0.05, 0.1) is 11.1 Å². The number of hydrogen-bond donors (Lipinski definition) is 2. The van der Waals surface area contributed by atoms with Gasteiger partial charge in [-0.15, -0.1) is 0 Å². The third-order valence-corrected chi connectivity index (χ3v) is 5.53. The second kappa shape index (κ2) is 12.7. The Morgan fingerprint density at radius 3 is 2.27 bits per heavy atom. The number of rotatable bonds is 7. The molecule has 1 saturated heterocycles.